The summed E-state index contributed by atoms with van der Waals surface area (Å²) in [4.78, 5) is 38.4. The van der Waals surface area contributed by atoms with Gasteiger partial charge in [-0.05, 0) is 41.6 Å². The van der Waals surface area contributed by atoms with Gasteiger partial charge in [-0.2, -0.15) is 0 Å². The summed E-state index contributed by atoms with van der Waals surface area (Å²) in [6, 6.07) is 16.3. The van der Waals surface area contributed by atoms with Gasteiger partial charge >= 0.3 is 6.03 Å². The normalized spacial score (nSPS) is 15.8. The van der Waals surface area contributed by atoms with E-state index in [1.165, 1.54) is 4.90 Å². The molecule has 0 spiro atoms. The van der Waals surface area contributed by atoms with Crippen LogP contribution in [0.15, 0.2) is 60.8 Å². The minimum atomic E-state index is -0.828. The molecule has 0 unspecified atom stereocenters. The van der Waals surface area contributed by atoms with Crippen molar-refractivity contribution < 1.29 is 19.1 Å². The monoisotopic (exact) mass is 434 g/mol. The number of benzene rings is 2. The zero-order valence-corrected chi connectivity index (χ0v) is 17.9. The predicted octanol–water partition coefficient (Wildman–Crippen LogP) is 2.32. The van der Waals surface area contributed by atoms with E-state index in [2.05, 4.69) is 15.2 Å². The Hall–Kier alpha value is -3.81. The minimum absolute atomic E-state index is 0.0734. The number of methoxy groups -OCH3 is 1. The Labute approximate surface area is 186 Å². The molecule has 4 amide bonds. The number of nitrogens with one attached hydrogen (secondary N) is 2. The lowest BCUT2D eigenvalue weighted by atomic mass is 10.1. The highest BCUT2D eigenvalue weighted by Gasteiger charge is 2.38. The number of urea groups is 1. The maximum Gasteiger partial charge on any atom is 0.324 e. The Morgan fingerprint density at radius 1 is 1.06 bits per heavy atom. The molecular weight excluding hydrogens is 408 g/mol. The highest BCUT2D eigenvalue weighted by molar-refractivity contribution is 6.05. The number of carbonyl (C=O) groups excluding carboxylic acids is 3. The Bertz CT molecular complexity index is 1120. The van der Waals surface area contributed by atoms with E-state index in [1.807, 2.05) is 60.8 Å². The second-order valence-electron chi connectivity index (χ2n) is 7.71. The number of rotatable bonds is 9. The van der Waals surface area contributed by atoms with Crippen molar-refractivity contribution in [2.45, 2.75) is 25.4 Å². The third-order valence-corrected chi connectivity index (χ3v) is 5.63. The number of imide groups is 1. The summed E-state index contributed by atoms with van der Waals surface area (Å²) < 4.78 is 7.20. The molecule has 1 fully saturated rings. The second-order valence-corrected chi connectivity index (χ2v) is 7.71. The predicted molar refractivity (Wildman–Crippen MR) is 120 cm³/mol. The average molecular weight is 434 g/mol. The molecule has 8 heteroatoms. The lowest BCUT2D eigenvalue weighted by Crippen LogP contribution is -2.37. The number of hydrogen-bond donors (Lipinski definition) is 2. The van der Waals surface area contributed by atoms with Crippen LogP contribution in [0.3, 0.4) is 0 Å². The fourth-order valence-electron chi connectivity index (χ4n) is 3.87. The van der Waals surface area contributed by atoms with Gasteiger partial charge < -0.3 is 19.9 Å². The number of fused-ring (bicyclic) bond motifs is 1. The van der Waals surface area contributed by atoms with Crippen LogP contribution in [0.2, 0.25) is 0 Å². The molecule has 3 aromatic rings. The molecule has 0 aliphatic carbocycles. The maximum atomic E-state index is 12.6. The number of para-hydroxylation sites is 1. The van der Waals surface area contributed by atoms with E-state index in [-0.39, 0.29) is 24.8 Å². The van der Waals surface area contributed by atoms with Gasteiger partial charge in [-0.15, -0.1) is 0 Å². The summed E-state index contributed by atoms with van der Waals surface area (Å²) in [7, 11) is 1.60. The van der Waals surface area contributed by atoms with Gasteiger partial charge in [0.15, 0.2) is 0 Å². The molecule has 2 heterocycles. The summed E-state index contributed by atoms with van der Waals surface area (Å²) in [6.45, 7) is 1.32. The van der Waals surface area contributed by atoms with E-state index < -0.39 is 12.1 Å². The van der Waals surface area contributed by atoms with Gasteiger partial charge in [-0.1, -0.05) is 30.3 Å². The number of amides is 4. The molecule has 0 radical (unpaired) electrons. The van der Waals surface area contributed by atoms with Crippen molar-refractivity contribution in [3.05, 3.63) is 66.4 Å². The lowest BCUT2D eigenvalue weighted by molar-refractivity contribution is -0.130. The van der Waals surface area contributed by atoms with Crippen molar-refractivity contribution in [2.75, 3.05) is 20.2 Å². The molecule has 4 rings (SSSR count). The Kier molecular flexibility index (Phi) is 6.39. The molecule has 1 atom stereocenters. The van der Waals surface area contributed by atoms with Gasteiger partial charge in [-0.25, -0.2) is 4.79 Å². The lowest BCUT2D eigenvalue weighted by Gasteiger charge is -2.13. The van der Waals surface area contributed by atoms with Gasteiger partial charge in [-0.3, -0.25) is 14.5 Å². The molecule has 1 aromatic heterocycles. The largest absolute Gasteiger partial charge is 0.497 e. The smallest absolute Gasteiger partial charge is 0.324 e. The molecule has 8 nitrogen and oxygen atoms in total. The van der Waals surface area contributed by atoms with Crippen LogP contribution in [-0.2, 0) is 22.6 Å². The van der Waals surface area contributed by atoms with Crippen LogP contribution in [0.1, 0.15) is 12.0 Å². The Morgan fingerprint density at radius 3 is 2.62 bits per heavy atom. The molecular formula is C24H26N4O4. The first-order valence-corrected chi connectivity index (χ1v) is 10.6. The van der Waals surface area contributed by atoms with E-state index in [0.29, 0.717) is 19.5 Å². The second kappa shape index (κ2) is 9.55. The summed E-state index contributed by atoms with van der Waals surface area (Å²) in [5.74, 6) is 0.118. The van der Waals surface area contributed by atoms with Crippen LogP contribution < -0.4 is 15.4 Å². The van der Waals surface area contributed by atoms with Crippen molar-refractivity contribution in [1.29, 1.82) is 0 Å². The molecule has 1 aliphatic heterocycles. The van der Waals surface area contributed by atoms with E-state index in [9.17, 15) is 14.4 Å². The van der Waals surface area contributed by atoms with Crippen LogP contribution in [0.4, 0.5) is 4.79 Å². The van der Waals surface area contributed by atoms with Crippen molar-refractivity contribution in [3.63, 3.8) is 0 Å². The average Bonchev–Trinajstić information content (AvgIpc) is 3.33. The van der Waals surface area contributed by atoms with Crippen LogP contribution in [-0.4, -0.2) is 53.6 Å². The van der Waals surface area contributed by atoms with Crippen molar-refractivity contribution in [2.24, 2.45) is 0 Å². The summed E-state index contributed by atoms with van der Waals surface area (Å²) >= 11 is 0. The highest BCUT2D eigenvalue weighted by atomic mass is 16.5. The zero-order chi connectivity index (χ0) is 22.5. The minimum Gasteiger partial charge on any atom is -0.497 e. The fourth-order valence-corrected chi connectivity index (χ4v) is 3.87. The Balaban J connectivity index is 1.24. The number of nitrogens with zero attached hydrogens (tertiary/aromatic N) is 2. The van der Waals surface area contributed by atoms with Crippen LogP contribution >= 0.6 is 0 Å². The molecule has 32 heavy (non-hydrogen) atoms. The summed E-state index contributed by atoms with van der Waals surface area (Å²) in [6.07, 6.45) is 2.45. The van der Waals surface area contributed by atoms with Gasteiger partial charge in [0.05, 0.1) is 13.5 Å². The van der Waals surface area contributed by atoms with Gasteiger partial charge in [0.25, 0.3) is 5.91 Å². The Morgan fingerprint density at radius 2 is 1.84 bits per heavy atom. The molecule has 0 bridgehead atoms. The molecule has 1 saturated heterocycles. The van der Waals surface area contributed by atoms with Crippen molar-refractivity contribution >= 4 is 28.7 Å². The first-order chi connectivity index (χ1) is 15.5. The maximum absolute atomic E-state index is 12.6. The van der Waals surface area contributed by atoms with Crippen LogP contribution in [0, 0.1) is 0 Å². The third kappa shape index (κ3) is 4.74. The highest BCUT2D eigenvalue weighted by Crippen LogP contribution is 2.16. The van der Waals surface area contributed by atoms with E-state index in [4.69, 9.17) is 4.74 Å². The van der Waals surface area contributed by atoms with Gasteiger partial charge in [0, 0.05) is 31.3 Å². The number of carbonyl (C=O) groups is 3. The summed E-state index contributed by atoms with van der Waals surface area (Å²) in [5, 5.41) is 6.60. The number of ether oxygens (including phenoxy) is 1. The first-order valence-electron chi connectivity index (χ1n) is 10.6. The van der Waals surface area contributed by atoms with E-state index >= 15 is 0 Å². The molecule has 0 saturated carbocycles. The van der Waals surface area contributed by atoms with Crippen molar-refractivity contribution in [1.82, 2.24) is 20.1 Å². The van der Waals surface area contributed by atoms with E-state index in [1.54, 1.807) is 7.11 Å². The van der Waals surface area contributed by atoms with Crippen LogP contribution in [0.25, 0.3) is 10.9 Å². The fraction of sp³-hybridized carbons (Fsp3) is 0.292. The standard InChI is InChI=1S/C24H26N4O4/c1-32-19-8-6-17(7-9-19)10-14-28-23(30)20(26-24(28)31)16-22(29)25-12-15-27-13-11-18-4-2-3-5-21(18)27/h2-9,11,13,20H,10,12,14-16H2,1H3,(H,25,29)(H,26,31)/t20-/m1/s1. The number of hydrogen-bond acceptors (Lipinski definition) is 4. The topological polar surface area (TPSA) is 92.7 Å². The molecule has 166 valence electrons. The van der Waals surface area contributed by atoms with Crippen LogP contribution in [0.5, 0.6) is 5.75 Å². The zero-order valence-electron chi connectivity index (χ0n) is 17.9. The SMILES string of the molecule is COc1ccc(CCN2C(=O)N[C@H](CC(=O)NCCn3ccc4ccccc43)C2=O)cc1. The van der Waals surface area contributed by atoms with Gasteiger partial charge in [0.2, 0.25) is 5.91 Å². The molecule has 1 aliphatic rings. The molecule has 2 aromatic carbocycles. The summed E-state index contributed by atoms with van der Waals surface area (Å²) in [5.41, 5.74) is 2.10. The van der Waals surface area contributed by atoms with Gasteiger partial charge in [0.1, 0.15) is 11.8 Å². The first kappa shape index (κ1) is 21.4. The van der Waals surface area contributed by atoms with E-state index in [0.717, 1.165) is 22.2 Å². The quantitative estimate of drug-likeness (QED) is 0.506. The molecule has 2 N–H and O–H groups in total. The van der Waals surface area contributed by atoms with Crippen molar-refractivity contribution in [3.8, 4) is 5.75 Å². The number of aromatic nitrogens is 1. The third-order valence-electron chi connectivity index (χ3n) is 5.63.